The first-order valence-electron chi connectivity index (χ1n) is 3.96. The average molecular weight is 222 g/mol. The van der Waals surface area contributed by atoms with Crippen LogP contribution in [-0.2, 0) is 14.3 Å². The van der Waals surface area contributed by atoms with Crippen molar-refractivity contribution in [2.75, 3.05) is 6.61 Å². The van der Waals surface area contributed by atoms with Gasteiger partial charge < -0.3 is 4.74 Å². The van der Waals surface area contributed by atoms with Crippen LogP contribution in [0.25, 0.3) is 0 Å². The summed E-state index contributed by atoms with van der Waals surface area (Å²) < 4.78 is 40.3. The molecule has 0 aliphatic rings. The zero-order valence-corrected chi connectivity index (χ0v) is 7.93. The lowest BCUT2D eigenvalue weighted by atomic mass is 10.1. The van der Waals surface area contributed by atoms with Crippen LogP contribution >= 0.6 is 0 Å². The molecular weight excluding hydrogens is 213 g/mol. The smallest absolute Gasteiger partial charge is 0.455 e. The highest BCUT2D eigenvalue weighted by Crippen LogP contribution is 2.21. The third kappa shape index (κ3) is 3.97. The van der Waals surface area contributed by atoms with Gasteiger partial charge in [-0.25, -0.2) is 4.79 Å². The number of hydrogen-bond acceptors (Lipinski definition) is 3. The monoisotopic (exact) mass is 222 g/mol. The number of carbonyl (C=O) groups is 2. The second-order valence-corrected chi connectivity index (χ2v) is 2.36. The van der Waals surface area contributed by atoms with Crippen LogP contribution in [0.3, 0.4) is 0 Å². The zero-order chi connectivity index (χ0) is 12.1. The van der Waals surface area contributed by atoms with Gasteiger partial charge in [0.15, 0.2) is 0 Å². The number of rotatable bonds is 4. The number of alkyl halides is 3. The quantitative estimate of drug-likeness (QED) is 0.239. The third-order valence-electron chi connectivity index (χ3n) is 1.28. The number of Topliss-reactive ketones (excluding diaryl/α,β-unsaturated/α-hetero) is 1. The van der Waals surface area contributed by atoms with Gasteiger partial charge >= 0.3 is 12.1 Å². The molecule has 0 aliphatic carbocycles. The summed E-state index contributed by atoms with van der Waals surface area (Å²) in [5.74, 6) is -3.54. The SMILES string of the molecule is C=C/C=C(\C(=O)OCC)C(=O)C(F)(F)F. The van der Waals surface area contributed by atoms with Gasteiger partial charge in [-0.3, -0.25) is 4.79 Å². The molecular formula is C9H9F3O3. The fourth-order valence-corrected chi connectivity index (χ4v) is 0.716. The highest BCUT2D eigenvalue weighted by Gasteiger charge is 2.43. The van der Waals surface area contributed by atoms with Gasteiger partial charge in [0, 0.05) is 0 Å². The molecule has 0 aromatic heterocycles. The molecule has 0 amide bonds. The number of ether oxygens (including phenoxy) is 1. The van der Waals surface area contributed by atoms with Crippen molar-refractivity contribution in [1.29, 1.82) is 0 Å². The molecule has 0 N–H and O–H groups in total. The van der Waals surface area contributed by atoms with Gasteiger partial charge in [-0.15, -0.1) is 0 Å². The van der Waals surface area contributed by atoms with E-state index < -0.39 is 23.5 Å². The summed E-state index contributed by atoms with van der Waals surface area (Å²) in [4.78, 5) is 21.7. The average Bonchev–Trinajstić information content (AvgIpc) is 2.12. The van der Waals surface area contributed by atoms with Crippen molar-refractivity contribution in [3.8, 4) is 0 Å². The summed E-state index contributed by atoms with van der Waals surface area (Å²) >= 11 is 0. The van der Waals surface area contributed by atoms with Gasteiger partial charge in [-0.2, -0.15) is 13.2 Å². The molecule has 0 rings (SSSR count). The van der Waals surface area contributed by atoms with Gasteiger partial charge in [-0.1, -0.05) is 12.7 Å². The summed E-state index contributed by atoms with van der Waals surface area (Å²) in [6.45, 7) is 4.41. The first-order valence-corrected chi connectivity index (χ1v) is 3.96. The fourth-order valence-electron chi connectivity index (χ4n) is 0.716. The molecule has 0 aromatic carbocycles. The molecule has 0 heterocycles. The number of hydrogen-bond donors (Lipinski definition) is 0. The van der Waals surface area contributed by atoms with Gasteiger partial charge in [0.05, 0.1) is 6.61 Å². The molecule has 0 spiro atoms. The maximum absolute atomic E-state index is 12.0. The van der Waals surface area contributed by atoms with Crippen LogP contribution in [0.5, 0.6) is 0 Å². The number of allylic oxidation sites excluding steroid dienone is 2. The minimum atomic E-state index is -5.10. The van der Waals surface area contributed by atoms with E-state index in [-0.39, 0.29) is 6.61 Å². The third-order valence-corrected chi connectivity index (χ3v) is 1.28. The maximum Gasteiger partial charge on any atom is 0.455 e. The predicted molar refractivity (Wildman–Crippen MR) is 46.0 cm³/mol. The summed E-state index contributed by atoms with van der Waals surface area (Å²) in [5, 5.41) is 0. The Balaban J connectivity index is 5.01. The van der Waals surface area contributed by atoms with Gasteiger partial charge in [-0.05, 0) is 13.0 Å². The fraction of sp³-hybridized carbons (Fsp3) is 0.333. The second kappa shape index (κ2) is 5.33. The van der Waals surface area contributed by atoms with Crippen molar-refractivity contribution in [2.24, 2.45) is 0 Å². The lowest BCUT2D eigenvalue weighted by molar-refractivity contribution is -0.168. The van der Waals surface area contributed by atoms with Crippen molar-refractivity contribution in [3.63, 3.8) is 0 Å². The van der Waals surface area contributed by atoms with Crippen LogP contribution in [0.1, 0.15) is 6.92 Å². The van der Waals surface area contributed by atoms with E-state index in [0.717, 1.165) is 6.08 Å². The first-order chi connectivity index (χ1) is 6.84. The Hall–Kier alpha value is -1.59. The van der Waals surface area contributed by atoms with Crippen LogP contribution < -0.4 is 0 Å². The second-order valence-electron chi connectivity index (χ2n) is 2.36. The van der Waals surface area contributed by atoms with Gasteiger partial charge in [0.1, 0.15) is 5.57 Å². The van der Waals surface area contributed by atoms with Crippen molar-refractivity contribution in [1.82, 2.24) is 0 Å². The van der Waals surface area contributed by atoms with E-state index in [2.05, 4.69) is 11.3 Å². The highest BCUT2D eigenvalue weighted by molar-refractivity contribution is 6.19. The van der Waals surface area contributed by atoms with Crippen LogP contribution in [0.2, 0.25) is 0 Å². The predicted octanol–water partition coefficient (Wildman–Crippen LogP) is 1.79. The minimum absolute atomic E-state index is 0.113. The van der Waals surface area contributed by atoms with E-state index in [9.17, 15) is 22.8 Å². The summed E-state index contributed by atoms with van der Waals surface area (Å²) in [6, 6.07) is 0. The number of esters is 1. The lowest BCUT2D eigenvalue weighted by Gasteiger charge is -2.07. The van der Waals surface area contributed by atoms with Crippen LogP contribution in [-0.4, -0.2) is 24.5 Å². The van der Waals surface area contributed by atoms with Crippen molar-refractivity contribution < 1.29 is 27.5 Å². The van der Waals surface area contributed by atoms with Gasteiger partial charge in [0.2, 0.25) is 0 Å². The van der Waals surface area contributed by atoms with E-state index >= 15 is 0 Å². The molecule has 0 saturated carbocycles. The lowest BCUT2D eigenvalue weighted by Crippen LogP contribution is -2.29. The Bertz CT molecular complexity index is 302. The number of ketones is 1. The van der Waals surface area contributed by atoms with Crippen LogP contribution in [0, 0.1) is 0 Å². The Morgan fingerprint density at radius 1 is 1.40 bits per heavy atom. The highest BCUT2D eigenvalue weighted by atomic mass is 19.4. The normalized spacial score (nSPS) is 12.1. The molecule has 0 unspecified atom stereocenters. The Kier molecular flexibility index (Phi) is 4.77. The minimum Gasteiger partial charge on any atom is -0.462 e. The van der Waals surface area contributed by atoms with Crippen molar-refractivity contribution >= 4 is 11.8 Å². The van der Waals surface area contributed by atoms with Gasteiger partial charge in [0.25, 0.3) is 5.78 Å². The van der Waals surface area contributed by atoms with E-state index in [4.69, 9.17) is 0 Å². The summed E-state index contributed by atoms with van der Waals surface area (Å²) in [7, 11) is 0. The first kappa shape index (κ1) is 13.4. The largest absolute Gasteiger partial charge is 0.462 e. The molecule has 0 aromatic rings. The standard InChI is InChI=1S/C9H9F3O3/c1-3-5-6(8(14)15-4-2)7(13)9(10,11)12/h3,5H,1,4H2,2H3/b6-5-. The van der Waals surface area contributed by atoms with Crippen molar-refractivity contribution in [3.05, 3.63) is 24.3 Å². The van der Waals surface area contributed by atoms with E-state index in [1.54, 1.807) is 0 Å². The molecule has 0 radical (unpaired) electrons. The topological polar surface area (TPSA) is 43.4 Å². The number of halogens is 3. The molecule has 0 bridgehead atoms. The Labute approximate surface area is 84.2 Å². The van der Waals surface area contributed by atoms with E-state index in [0.29, 0.717) is 6.08 Å². The Morgan fingerprint density at radius 3 is 2.27 bits per heavy atom. The molecule has 3 nitrogen and oxygen atoms in total. The van der Waals surface area contributed by atoms with E-state index in [1.807, 2.05) is 0 Å². The number of carbonyl (C=O) groups excluding carboxylic acids is 2. The zero-order valence-electron chi connectivity index (χ0n) is 7.93. The van der Waals surface area contributed by atoms with Crippen molar-refractivity contribution in [2.45, 2.75) is 13.1 Å². The molecule has 0 fully saturated rings. The van der Waals surface area contributed by atoms with Crippen LogP contribution in [0.15, 0.2) is 24.3 Å². The molecule has 0 saturated heterocycles. The maximum atomic E-state index is 12.0. The molecule has 15 heavy (non-hydrogen) atoms. The van der Waals surface area contributed by atoms with Crippen LogP contribution in [0.4, 0.5) is 13.2 Å². The Morgan fingerprint density at radius 2 is 1.93 bits per heavy atom. The molecule has 84 valence electrons. The van der Waals surface area contributed by atoms with E-state index in [1.165, 1.54) is 6.92 Å². The molecule has 6 heteroatoms. The molecule has 0 aliphatic heterocycles. The molecule has 0 atom stereocenters. The summed E-state index contributed by atoms with van der Waals surface area (Å²) in [6.07, 6.45) is -3.51. The summed E-state index contributed by atoms with van der Waals surface area (Å²) in [5.41, 5.74) is -1.07.